The van der Waals surface area contributed by atoms with Gasteiger partial charge < -0.3 is 14.5 Å². The summed E-state index contributed by atoms with van der Waals surface area (Å²) in [6.45, 7) is 1.79. The number of benzene rings is 3. The Labute approximate surface area is 244 Å². The molecule has 2 aromatic heterocycles. The van der Waals surface area contributed by atoms with E-state index in [0.29, 0.717) is 48.6 Å². The lowest BCUT2D eigenvalue weighted by molar-refractivity contribution is -0.113. The highest BCUT2D eigenvalue weighted by Crippen LogP contribution is 2.32. The third-order valence-corrected chi connectivity index (χ3v) is 7.96. The van der Waals surface area contributed by atoms with Crippen LogP contribution in [0.5, 0.6) is 5.75 Å². The van der Waals surface area contributed by atoms with Crippen LogP contribution in [0.25, 0.3) is 17.4 Å². The fourth-order valence-corrected chi connectivity index (χ4v) is 6.01. The molecule has 0 fully saturated rings. The lowest BCUT2D eigenvalue weighted by atomic mass is 9.95. The highest BCUT2D eigenvalue weighted by molar-refractivity contribution is 7.07. The number of carbonyl (C=O) groups is 1. The minimum absolute atomic E-state index is 0.271. The van der Waals surface area contributed by atoms with E-state index in [0.717, 1.165) is 11.1 Å². The summed E-state index contributed by atoms with van der Waals surface area (Å²) in [5.74, 6) is 1.50. The van der Waals surface area contributed by atoms with Gasteiger partial charge >= 0.3 is 0 Å². The van der Waals surface area contributed by atoms with Gasteiger partial charge in [0.1, 0.15) is 17.3 Å². The molecule has 0 unspecified atom stereocenters. The fourth-order valence-electron chi connectivity index (χ4n) is 4.79. The first-order chi connectivity index (χ1) is 19.9. The SMILES string of the molecule is COc1ccc([C@H]2C(C(=O)Nc3ccccc3)=C(C)N=c3sc(=Cc4ccc(-c5cccc(Cl)c5)o4)c(=O)n32)cc1. The number of thiazole rings is 1. The second-order valence-electron chi connectivity index (χ2n) is 9.39. The van der Waals surface area contributed by atoms with Crippen molar-refractivity contribution in [2.75, 3.05) is 12.4 Å². The van der Waals surface area contributed by atoms with Crippen LogP contribution in [0.2, 0.25) is 5.02 Å². The van der Waals surface area contributed by atoms with Gasteiger partial charge in [-0.2, -0.15) is 0 Å². The highest BCUT2D eigenvalue weighted by atomic mass is 35.5. The van der Waals surface area contributed by atoms with Gasteiger partial charge in [-0.1, -0.05) is 65.4 Å². The topological polar surface area (TPSA) is 85.8 Å². The van der Waals surface area contributed by atoms with Crippen LogP contribution in [0.15, 0.2) is 116 Å². The van der Waals surface area contributed by atoms with Crippen LogP contribution >= 0.6 is 22.9 Å². The second kappa shape index (κ2) is 11.1. The number of nitrogens with one attached hydrogen (secondary N) is 1. The van der Waals surface area contributed by atoms with E-state index in [1.54, 1.807) is 36.8 Å². The Bertz CT molecular complexity index is 1970. The predicted molar refractivity (Wildman–Crippen MR) is 161 cm³/mol. The molecule has 0 saturated heterocycles. The number of hydrogen-bond acceptors (Lipinski definition) is 6. The van der Waals surface area contributed by atoms with Gasteiger partial charge in [0, 0.05) is 22.3 Å². The van der Waals surface area contributed by atoms with E-state index in [1.807, 2.05) is 78.9 Å². The average Bonchev–Trinajstić information content (AvgIpc) is 3.57. The van der Waals surface area contributed by atoms with E-state index in [-0.39, 0.29) is 11.5 Å². The Kier molecular flexibility index (Phi) is 7.17. The van der Waals surface area contributed by atoms with Gasteiger partial charge in [-0.25, -0.2) is 4.99 Å². The molecule has 6 rings (SSSR count). The van der Waals surface area contributed by atoms with Crippen LogP contribution in [-0.4, -0.2) is 17.6 Å². The Hall–Kier alpha value is -4.66. The first kappa shape index (κ1) is 26.6. The van der Waals surface area contributed by atoms with Crippen molar-refractivity contribution in [3.63, 3.8) is 0 Å². The Morgan fingerprint density at radius 2 is 1.83 bits per heavy atom. The van der Waals surface area contributed by atoms with Crippen LogP contribution in [0.4, 0.5) is 5.69 Å². The maximum absolute atomic E-state index is 13.9. The number of ether oxygens (including phenoxy) is 1. The largest absolute Gasteiger partial charge is 0.497 e. The average molecular weight is 582 g/mol. The van der Waals surface area contributed by atoms with E-state index in [9.17, 15) is 9.59 Å². The molecule has 3 aromatic carbocycles. The molecule has 0 bridgehead atoms. The number of hydrogen-bond donors (Lipinski definition) is 1. The van der Waals surface area contributed by atoms with Crippen LogP contribution in [0.1, 0.15) is 24.3 Å². The summed E-state index contributed by atoms with van der Waals surface area (Å²) in [6.07, 6.45) is 1.70. The molecule has 0 saturated carbocycles. The maximum Gasteiger partial charge on any atom is 0.271 e. The molecule has 9 heteroatoms. The van der Waals surface area contributed by atoms with E-state index in [4.69, 9.17) is 25.7 Å². The summed E-state index contributed by atoms with van der Waals surface area (Å²) in [6, 6.07) is 26.9. The first-order valence-electron chi connectivity index (χ1n) is 12.8. The van der Waals surface area contributed by atoms with E-state index in [1.165, 1.54) is 11.3 Å². The van der Waals surface area contributed by atoms with Crippen molar-refractivity contribution in [1.29, 1.82) is 0 Å². The van der Waals surface area contributed by atoms with Crippen molar-refractivity contribution in [2.45, 2.75) is 13.0 Å². The van der Waals surface area contributed by atoms with Gasteiger partial charge in [0.15, 0.2) is 4.80 Å². The summed E-state index contributed by atoms with van der Waals surface area (Å²) in [5, 5.41) is 3.56. The van der Waals surface area contributed by atoms with Crippen molar-refractivity contribution in [2.24, 2.45) is 4.99 Å². The van der Waals surface area contributed by atoms with Crippen molar-refractivity contribution in [3.8, 4) is 17.1 Å². The lowest BCUT2D eigenvalue weighted by Gasteiger charge is -2.25. The highest BCUT2D eigenvalue weighted by Gasteiger charge is 2.32. The third-order valence-electron chi connectivity index (χ3n) is 6.74. The number of para-hydroxylation sites is 1. The van der Waals surface area contributed by atoms with E-state index in [2.05, 4.69) is 5.32 Å². The zero-order valence-electron chi connectivity index (χ0n) is 22.1. The monoisotopic (exact) mass is 581 g/mol. The normalized spacial score (nSPS) is 14.9. The summed E-state index contributed by atoms with van der Waals surface area (Å²) >= 11 is 7.39. The zero-order chi connectivity index (χ0) is 28.5. The van der Waals surface area contributed by atoms with Crippen molar-refractivity contribution < 1.29 is 13.9 Å². The number of anilines is 1. The first-order valence-corrected chi connectivity index (χ1v) is 14.0. The third kappa shape index (κ3) is 5.27. The van der Waals surface area contributed by atoms with Gasteiger partial charge in [0.2, 0.25) is 0 Å². The molecule has 41 heavy (non-hydrogen) atoms. The predicted octanol–water partition coefficient (Wildman–Crippen LogP) is 5.80. The molecular weight excluding hydrogens is 558 g/mol. The Morgan fingerprint density at radius 1 is 1.05 bits per heavy atom. The number of halogens is 1. The number of nitrogens with zero attached hydrogens (tertiary/aromatic N) is 2. The molecule has 0 spiro atoms. The van der Waals surface area contributed by atoms with Gasteiger partial charge in [0.25, 0.3) is 11.5 Å². The summed E-state index contributed by atoms with van der Waals surface area (Å²) in [7, 11) is 1.59. The molecule has 1 aliphatic rings. The molecule has 1 N–H and O–H groups in total. The number of aromatic nitrogens is 1. The lowest BCUT2D eigenvalue weighted by Crippen LogP contribution is -2.40. The van der Waals surface area contributed by atoms with Crippen LogP contribution in [0, 0.1) is 0 Å². The van der Waals surface area contributed by atoms with Crippen molar-refractivity contribution >= 4 is 40.6 Å². The maximum atomic E-state index is 13.9. The van der Waals surface area contributed by atoms with E-state index >= 15 is 0 Å². The minimum Gasteiger partial charge on any atom is -0.497 e. The fraction of sp³-hybridized carbons (Fsp3) is 0.0938. The number of allylic oxidation sites excluding steroid dienone is 1. The molecule has 204 valence electrons. The van der Waals surface area contributed by atoms with Crippen LogP contribution in [-0.2, 0) is 4.79 Å². The molecule has 7 nitrogen and oxygen atoms in total. The zero-order valence-corrected chi connectivity index (χ0v) is 23.7. The van der Waals surface area contributed by atoms with Gasteiger partial charge in [0.05, 0.1) is 29.0 Å². The molecule has 1 amide bonds. The molecule has 3 heterocycles. The minimum atomic E-state index is -0.693. The van der Waals surface area contributed by atoms with E-state index < -0.39 is 6.04 Å². The van der Waals surface area contributed by atoms with Crippen LogP contribution < -0.4 is 24.9 Å². The van der Waals surface area contributed by atoms with Gasteiger partial charge in [-0.3, -0.25) is 14.2 Å². The molecule has 1 aliphatic heterocycles. The Morgan fingerprint density at radius 3 is 2.56 bits per heavy atom. The number of methoxy groups -OCH3 is 1. The Balaban J connectivity index is 1.45. The number of carbonyl (C=O) groups excluding carboxylic acids is 1. The van der Waals surface area contributed by atoms with Crippen molar-refractivity contribution in [3.05, 3.63) is 138 Å². The molecule has 5 aromatic rings. The van der Waals surface area contributed by atoms with Crippen molar-refractivity contribution in [1.82, 2.24) is 4.57 Å². The number of amides is 1. The van der Waals surface area contributed by atoms with Gasteiger partial charge in [-0.05, 0) is 61.0 Å². The molecule has 0 radical (unpaired) electrons. The summed E-state index contributed by atoms with van der Waals surface area (Å²) in [5.41, 5.74) is 2.90. The van der Waals surface area contributed by atoms with Gasteiger partial charge in [-0.15, -0.1) is 0 Å². The summed E-state index contributed by atoms with van der Waals surface area (Å²) in [4.78, 5) is 32.8. The summed E-state index contributed by atoms with van der Waals surface area (Å²) < 4.78 is 13.4. The number of furan rings is 1. The molecule has 1 atom stereocenters. The molecule has 0 aliphatic carbocycles. The standard InChI is InChI=1S/C32H24ClN3O4S/c1-19-28(30(37)35-23-9-4-3-5-10-23)29(20-11-13-24(39-2)14-12-20)36-31(38)27(41-32(36)34-19)18-25-15-16-26(40-25)21-7-6-8-22(33)17-21/h3-18,29H,1-2H3,(H,35,37)/t29-/m0/s1. The number of fused-ring (bicyclic) bond motifs is 1. The smallest absolute Gasteiger partial charge is 0.271 e. The quantitative estimate of drug-likeness (QED) is 0.275. The number of rotatable bonds is 6. The molecular formula is C32H24ClN3O4S. The van der Waals surface area contributed by atoms with Crippen LogP contribution in [0.3, 0.4) is 0 Å². The second-order valence-corrected chi connectivity index (χ2v) is 10.8.